The van der Waals surface area contributed by atoms with Crippen LogP contribution < -0.4 is 5.73 Å². The lowest BCUT2D eigenvalue weighted by atomic mass is 10.0. The monoisotopic (exact) mass is 243 g/mol. The lowest BCUT2D eigenvalue weighted by Gasteiger charge is -2.10. The van der Waals surface area contributed by atoms with E-state index in [1.54, 1.807) is 6.92 Å². The Balaban J connectivity index is 0.000000278. The van der Waals surface area contributed by atoms with Gasteiger partial charge < -0.3 is 15.3 Å². The molecule has 2 aliphatic rings. The van der Waals surface area contributed by atoms with Gasteiger partial charge in [-0.15, -0.1) is 0 Å². The van der Waals surface area contributed by atoms with Gasteiger partial charge in [0.25, 0.3) is 0 Å². The van der Waals surface area contributed by atoms with Crippen LogP contribution in [0.25, 0.3) is 0 Å². The summed E-state index contributed by atoms with van der Waals surface area (Å²) in [4.78, 5) is 9.76. The predicted octanol–water partition coefficient (Wildman–Crippen LogP) is 2.91. The fourth-order valence-corrected chi connectivity index (χ4v) is 1.95. The molecule has 0 aromatic carbocycles. The van der Waals surface area contributed by atoms with Gasteiger partial charge in [-0.25, -0.2) is 0 Å². The van der Waals surface area contributed by atoms with E-state index in [0.717, 1.165) is 12.2 Å². The molecule has 1 saturated carbocycles. The van der Waals surface area contributed by atoms with Gasteiger partial charge >= 0.3 is 0 Å². The highest BCUT2D eigenvalue weighted by Crippen LogP contribution is 2.27. The molecule has 1 saturated heterocycles. The minimum atomic E-state index is -0.389. The van der Waals surface area contributed by atoms with E-state index < -0.39 is 0 Å². The van der Waals surface area contributed by atoms with Gasteiger partial charge in [0.2, 0.25) is 0 Å². The van der Waals surface area contributed by atoms with Gasteiger partial charge in [0.05, 0.1) is 6.61 Å². The first-order valence-corrected chi connectivity index (χ1v) is 6.91. The third-order valence-corrected chi connectivity index (χ3v) is 3.03. The molecular weight excluding hydrogens is 214 g/mol. The Hall–Kier alpha value is -0.410. The topological polar surface area (TPSA) is 55.6 Å². The maximum Gasteiger partial charge on any atom is 0.153 e. The van der Waals surface area contributed by atoms with Crippen molar-refractivity contribution in [2.24, 2.45) is 11.7 Å². The number of hydrogen-bond donors (Lipinski definition) is 1. The van der Waals surface area contributed by atoms with Gasteiger partial charge in [-0.3, -0.25) is 0 Å². The van der Waals surface area contributed by atoms with Gasteiger partial charge in [-0.2, -0.15) is 0 Å². The van der Waals surface area contributed by atoms with Crippen molar-refractivity contribution in [2.75, 3.05) is 6.61 Å². The normalized spacial score (nSPS) is 28.3. The third kappa shape index (κ3) is 8.33. The van der Waals surface area contributed by atoms with E-state index in [-0.39, 0.29) is 5.60 Å². The molecule has 1 aliphatic carbocycles. The maximum absolute atomic E-state index is 9.76. The Morgan fingerprint density at radius 1 is 1.41 bits per heavy atom. The Bertz CT molecular complexity index is 194. The van der Waals surface area contributed by atoms with Crippen molar-refractivity contribution in [1.29, 1.82) is 0 Å². The SMILES string of the molecule is CC.CC(N)CC1CCCC1.CC1(C=O)CO1. The van der Waals surface area contributed by atoms with Crippen molar-refractivity contribution in [2.45, 2.75) is 71.4 Å². The van der Waals surface area contributed by atoms with E-state index in [1.807, 2.05) is 13.8 Å². The summed E-state index contributed by atoms with van der Waals surface area (Å²) >= 11 is 0. The molecule has 2 atom stereocenters. The average Bonchev–Trinajstić information content (AvgIpc) is 2.86. The lowest BCUT2D eigenvalue weighted by molar-refractivity contribution is -0.111. The Kier molecular flexibility index (Phi) is 8.44. The van der Waals surface area contributed by atoms with Crippen LogP contribution in [0.15, 0.2) is 0 Å². The van der Waals surface area contributed by atoms with E-state index in [2.05, 4.69) is 11.7 Å². The van der Waals surface area contributed by atoms with E-state index in [1.165, 1.54) is 32.1 Å². The molecule has 2 unspecified atom stereocenters. The van der Waals surface area contributed by atoms with Gasteiger partial charge in [-0.1, -0.05) is 39.5 Å². The summed E-state index contributed by atoms with van der Waals surface area (Å²) in [5.41, 5.74) is 5.28. The van der Waals surface area contributed by atoms with Gasteiger partial charge in [-0.05, 0) is 26.2 Å². The number of ether oxygens (including phenoxy) is 1. The molecule has 1 aliphatic heterocycles. The minimum Gasteiger partial charge on any atom is -0.362 e. The highest BCUT2D eigenvalue weighted by molar-refractivity contribution is 5.65. The van der Waals surface area contributed by atoms with Crippen LogP contribution in [0.5, 0.6) is 0 Å². The molecule has 2 fully saturated rings. The zero-order valence-corrected chi connectivity index (χ0v) is 11.9. The second kappa shape index (κ2) is 8.65. The van der Waals surface area contributed by atoms with Crippen LogP contribution in [0.4, 0.5) is 0 Å². The zero-order chi connectivity index (χ0) is 13.3. The van der Waals surface area contributed by atoms with Crippen molar-refractivity contribution in [3.63, 3.8) is 0 Å². The summed E-state index contributed by atoms with van der Waals surface area (Å²) in [6.07, 6.45) is 7.82. The fourth-order valence-electron chi connectivity index (χ4n) is 1.95. The first-order chi connectivity index (χ1) is 8.06. The summed E-state index contributed by atoms with van der Waals surface area (Å²) in [6, 6.07) is 0.424. The highest BCUT2D eigenvalue weighted by atomic mass is 16.6. The molecule has 0 amide bonds. The minimum absolute atomic E-state index is 0.389. The molecule has 0 spiro atoms. The molecule has 3 heteroatoms. The van der Waals surface area contributed by atoms with Crippen LogP contribution in [-0.4, -0.2) is 24.5 Å². The highest BCUT2D eigenvalue weighted by Gasteiger charge is 2.38. The number of hydrogen-bond acceptors (Lipinski definition) is 3. The molecule has 0 aromatic rings. The summed E-state index contributed by atoms with van der Waals surface area (Å²) in [7, 11) is 0. The van der Waals surface area contributed by atoms with Crippen molar-refractivity contribution in [3.8, 4) is 0 Å². The molecular formula is C14H29NO2. The summed E-state index contributed by atoms with van der Waals surface area (Å²) in [5, 5.41) is 0. The van der Waals surface area contributed by atoms with Crippen LogP contribution >= 0.6 is 0 Å². The predicted molar refractivity (Wildman–Crippen MR) is 72.0 cm³/mol. The van der Waals surface area contributed by atoms with Crippen LogP contribution in [-0.2, 0) is 9.53 Å². The largest absolute Gasteiger partial charge is 0.362 e. The number of aldehydes is 1. The van der Waals surface area contributed by atoms with Gasteiger partial charge in [0, 0.05) is 6.04 Å². The Morgan fingerprint density at radius 3 is 2.12 bits per heavy atom. The smallest absolute Gasteiger partial charge is 0.153 e. The van der Waals surface area contributed by atoms with Crippen molar-refractivity contribution < 1.29 is 9.53 Å². The molecule has 102 valence electrons. The lowest BCUT2D eigenvalue weighted by Crippen LogP contribution is -2.18. The molecule has 17 heavy (non-hydrogen) atoms. The summed E-state index contributed by atoms with van der Waals surface area (Å²) in [5.74, 6) is 0.963. The molecule has 3 nitrogen and oxygen atoms in total. The first-order valence-electron chi connectivity index (χ1n) is 6.91. The number of carbonyl (C=O) groups is 1. The van der Waals surface area contributed by atoms with Crippen molar-refractivity contribution >= 4 is 6.29 Å². The standard InChI is InChI=1S/C8H17N.C4H6O2.C2H6/c1-7(9)6-8-4-2-3-5-8;1-4(2-5)3-6-4;1-2/h7-8H,2-6,9H2,1H3;2H,3H2,1H3;1-2H3. The number of epoxide rings is 1. The van der Waals surface area contributed by atoms with Gasteiger partial charge in [0.1, 0.15) is 5.60 Å². The van der Waals surface area contributed by atoms with E-state index in [4.69, 9.17) is 5.73 Å². The quantitative estimate of drug-likeness (QED) is 0.612. The maximum atomic E-state index is 9.76. The first kappa shape index (κ1) is 16.6. The summed E-state index contributed by atoms with van der Waals surface area (Å²) in [6.45, 7) is 8.48. The number of nitrogens with two attached hydrogens (primary N) is 1. The Labute approximate surface area is 106 Å². The zero-order valence-electron chi connectivity index (χ0n) is 11.9. The van der Waals surface area contributed by atoms with Crippen molar-refractivity contribution in [3.05, 3.63) is 0 Å². The number of carbonyl (C=O) groups excluding carboxylic acids is 1. The molecule has 0 aromatic heterocycles. The second-order valence-electron chi connectivity index (χ2n) is 5.08. The van der Waals surface area contributed by atoms with Crippen LogP contribution in [0.2, 0.25) is 0 Å². The van der Waals surface area contributed by atoms with Crippen LogP contribution in [0.1, 0.15) is 59.8 Å². The molecule has 0 radical (unpaired) electrons. The third-order valence-electron chi connectivity index (χ3n) is 3.03. The van der Waals surface area contributed by atoms with Crippen molar-refractivity contribution in [1.82, 2.24) is 0 Å². The molecule has 2 rings (SSSR count). The molecule has 0 bridgehead atoms. The van der Waals surface area contributed by atoms with E-state index >= 15 is 0 Å². The number of rotatable bonds is 3. The average molecular weight is 243 g/mol. The van der Waals surface area contributed by atoms with Crippen LogP contribution in [0.3, 0.4) is 0 Å². The van der Waals surface area contributed by atoms with E-state index in [0.29, 0.717) is 12.6 Å². The van der Waals surface area contributed by atoms with Gasteiger partial charge in [0.15, 0.2) is 6.29 Å². The fraction of sp³-hybridized carbons (Fsp3) is 0.929. The molecule has 2 N–H and O–H groups in total. The Morgan fingerprint density at radius 2 is 1.88 bits per heavy atom. The van der Waals surface area contributed by atoms with E-state index in [9.17, 15) is 4.79 Å². The molecule has 1 heterocycles. The van der Waals surface area contributed by atoms with Crippen LogP contribution in [0, 0.1) is 5.92 Å². The second-order valence-corrected chi connectivity index (χ2v) is 5.08. The summed E-state index contributed by atoms with van der Waals surface area (Å²) < 4.78 is 4.68.